The van der Waals surface area contributed by atoms with Crippen molar-refractivity contribution < 1.29 is 13.7 Å². The molecule has 0 atom stereocenters. The van der Waals surface area contributed by atoms with Gasteiger partial charge in [-0.3, -0.25) is 10.7 Å². The molecule has 6 aromatic carbocycles. The molecule has 0 aromatic heterocycles. The van der Waals surface area contributed by atoms with Crippen LogP contribution in [-0.2, 0) is 35.4 Å². The van der Waals surface area contributed by atoms with E-state index in [9.17, 15) is 0 Å². The molecule has 0 unspecified atom stereocenters. The Balaban J connectivity index is 0.000000224. The van der Waals surface area contributed by atoms with Crippen LogP contribution in [0.5, 0.6) is 0 Å². The van der Waals surface area contributed by atoms with Gasteiger partial charge in [-0.05, 0) is 136 Å². The summed E-state index contributed by atoms with van der Waals surface area (Å²) in [6, 6.07) is 36.7. The van der Waals surface area contributed by atoms with E-state index in [2.05, 4.69) is 164 Å². The lowest BCUT2D eigenvalue weighted by Crippen LogP contribution is -2.85. The first kappa shape index (κ1) is 58.9. The number of hydrogen-bond donors (Lipinski definition) is 9. The van der Waals surface area contributed by atoms with Gasteiger partial charge in [0, 0.05) is 34.1 Å². The van der Waals surface area contributed by atoms with Crippen molar-refractivity contribution in [1.29, 1.82) is 0 Å². The average Bonchev–Trinajstić information content (AvgIpc) is 3.33. The molecule has 0 saturated carbocycles. The second kappa shape index (κ2) is 22.5. The highest BCUT2D eigenvalue weighted by Gasteiger charge is 2.46. The van der Waals surface area contributed by atoms with E-state index in [1.807, 2.05) is 66.7 Å². The number of hydrazine groups is 1. The molecule has 2 saturated heterocycles. The Kier molecular flexibility index (Phi) is 17.2. The van der Waals surface area contributed by atoms with Crippen LogP contribution >= 0.6 is 0 Å². The van der Waals surface area contributed by atoms with Crippen molar-refractivity contribution in [3.63, 3.8) is 0 Å². The zero-order valence-corrected chi connectivity index (χ0v) is 48.7. The van der Waals surface area contributed by atoms with Gasteiger partial charge in [-0.15, -0.1) is 0 Å². The quantitative estimate of drug-likeness (QED) is 0.0506. The summed E-state index contributed by atoms with van der Waals surface area (Å²) in [6.07, 6.45) is 0. The normalized spacial score (nSPS) is 15.2. The summed E-state index contributed by atoms with van der Waals surface area (Å²) in [5, 5.41) is 7.39. The number of nitrogen functional groups attached to an aromatic ring is 6. The van der Waals surface area contributed by atoms with E-state index in [0.717, 1.165) is 83.2 Å². The maximum Gasteiger partial charge on any atom is 0.467 e. The van der Waals surface area contributed by atoms with Gasteiger partial charge in [-0.2, -0.15) is 0 Å². The molecule has 13 nitrogen and oxygen atoms in total. The van der Waals surface area contributed by atoms with Crippen LogP contribution in [-0.4, -0.2) is 47.1 Å². The second-order valence-corrected chi connectivity index (χ2v) is 25.9. The fourth-order valence-corrected chi connectivity index (χ4v) is 10.6. The molecule has 77 heavy (non-hydrogen) atoms. The van der Waals surface area contributed by atoms with Crippen molar-refractivity contribution in [2.24, 2.45) is 5.84 Å². The van der Waals surface area contributed by atoms with Gasteiger partial charge >= 0.3 is 42.3 Å². The van der Waals surface area contributed by atoms with Gasteiger partial charge in [0.15, 0.2) is 0 Å². The fourth-order valence-electron chi connectivity index (χ4n) is 10.6. The summed E-state index contributed by atoms with van der Waals surface area (Å²) < 4.78 is 19.1. The predicted molar refractivity (Wildman–Crippen MR) is 336 cm³/mol. The Morgan fingerprint density at radius 1 is 0.364 bits per heavy atom. The van der Waals surface area contributed by atoms with E-state index in [0.29, 0.717) is 28.9 Å². The minimum atomic E-state index is -0.704. The third-order valence-corrected chi connectivity index (χ3v) is 14.8. The SMILES string of the molecule is CC(C)c1ccc(B2NB(c3ccc(C(C)(C)C)c(N)c3)NB(c3ccc(C(C)(C)C)c(N)c3)N2N)cc1N.CC(C)c1ccc(B2OB(c3ccc(C(C)(C)C)c(N)c3)OB(c3ccc(C(C)(C)C)c(N)c3)O2)cc1N. The Bertz CT molecular complexity index is 3010. The molecule has 6 aromatic rings. The zero-order chi connectivity index (χ0) is 56.9. The van der Waals surface area contributed by atoms with Crippen LogP contribution < -0.4 is 83.3 Å². The molecule has 16 N–H and O–H groups in total. The number of nitrogens with zero attached hydrogens (tertiary/aromatic N) is 1. The Labute approximate surface area is 463 Å². The third-order valence-electron chi connectivity index (χ3n) is 14.8. The molecule has 19 heteroatoms. The highest BCUT2D eigenvalue weighted by molar-refractivity contribution is 6.98. The van der Waals surface area contributed by atoms with Gasteiger partial charge in [0.25, 0.3) is 0 Å². The Morgan fingerprint density at radius 2 is 0.610 bits per heavy atom. The first-order valence-corrected chi connectivity index (χ1v) is 27.1. The molecule has 2 fully saturated rings. The first-order valence-electron chi connectivity index (χ1n) is 27.1. The summed E-state index contributed by atoms with van der Waals surface area (Å²) in [5.74, 6) is 7.51. The lowest BCUT2D eigenvalue weighted by molar-refractivity contribution is 0.308. The van der Waals surface area contributed by atoms with Crippen molar-refractivity contribution in [2.75, 3.05) is 34.4 Å². The molecule has 0 amide bonds. The average molecular weight is 1030 g/mol. The number of rotatable bonds is 8. The van der Waals surface area contributed by atoms with Crippen molar-refractivity contribution in [3.05, 3.63) is 143 Å². The smallest absolute Gasteiger partial charge is 0.445 e. The van der Waals surface area contributed by atoms with Crippen molar-refractivity contribution in [1.82, 2.24) is 15.1 Å². The topological polar surface area (TPSA) is 237 Å². The minimum Gasteiger partial charge on any atom is -0.445 e. The van der Waals surface area contributed by atoms with Gasteiger partial charge < -0.3 is 58.4 Å². The Hall–Kier alpha value is -5.77. The van der Waals surface area contributed by atoms with Crippen LogP contribution in [0.2, 0.25) is 0 Å². The lowest BCUT2D eigenvalue weighted by Gasteiger charge is -2.40. The molecule has 402 valence electrons. The first-order chi connectivity index (χ1) is 35.7. The zero-order valence-electron chi connectivity index (χ0n) is 48.7. The summed E-state index contributed by atoms with van der Waals surface area (Å²) in [4.78, 5) is 1.80. The number of nitrogens with one attached hydrogen (secondary N) is 2. The number of anilines is 6. The maximum absolute atomic E-state index is 6.86. The van der Waals surface area contributed by atoms with E-state index >= 15 is 0 Å². The fraction of sp³-hybridized carbons (Fsp3) is 0.379. The third kappa shape index (κ3) is 13.4. The van der Waals surface area contributed by atoms with Gasteiger partial charge in [0.1, 0.15) is 0 Å². The van der Waals surface area contributed by atoms with Crippen molar-refractivity contribution in [3.8, 4) is 0 Å². The summed E-state index contributed by atoms with van der Waals surface area (Å²) in [7, 11) is -2.11. The van der Waals surface area contributed by atoms with Crippen LogP contribution in [0.15, 0.2) is 109 Å². The standard InChI is InChI=1S/C29H44B3N7.C29H40B3N3O3/c1-18(2)22-12-9-20(16-25(22)33)31-37-30(19-10-13-23(26(34)15-19)28(3,4)5)38-32(39(31)36)21-11-14-24(27(35)17-21)29(6,7)8;1-18(2)22-12-9-19(15-25(22)33)30-36-31(20-10-13-23(26(34)16-20)28(3,4)5)38-32(37-30)21-11-14-24(27(35)17-21)29(6,7)8/h9-18,37-38H,33-36H2,1-8H3;9-18H,33-35H2,1-8H3. The molecule has 2 aliphatic rings. The molecule has 0 aliphatic carbocycles. The van der Waals surface area contributed by atoms with Gasteiger partial charge in [0.05, 0.1) is 0 Å². The van der Waals surface area contributed by atoms with Gasteiger partial charge in [-0.25, -0.2) is 0 Å². The van der Waals surface area contributed by atoms with Gasteiger partial charge in [0.2, 0.25) is 0 Å². The molecule has 8 rings (SSSR count). The largest absolute Gasteiger partial charge is 0.467 e. The van der Waals surface area contributed by atoms with Crippen LogP contribution in [0.4, 0.5) is 34.1 Å². The monoisotopic (exact) mass is 1030 g/mol. The molecular formula is C58H84B6N10O3. The summed E-state index contributed by atoms with van der Waals surface area (Å²) in [5.41, 5.74) is 55.2. The van der Waals surface area contributed by atoms with Crippen molar-refractivity contribution >= 4 is 109 Å². The summed E-state index contributed by atoms with van der Waals surface area (Å²) >= 11 is 0. The molecule has 0 bridgehead atoms. The van der Waals surface area contributed by atoms with E-state index in [4.69, 9.17) is 54.0 Å². The molecule has 0 radical (unpaired) electrons. The number of hydrogen-bond acceptors (Lipinski definition) is 13. The number of nitrogens with two attached hydrogens (primary N) is 7. The molecular weight excluding hydrogens is 950 g/mol. The summed E-state index contributed by atoms with van der Waals surface area (Å²) in [6.45, 7) is 33.6. The molecule has 2 aliphatic heterocycles. The van der Waals surface area contributed by atoms with E-state index in [1.54, 1.807) is 4.83 Å². The minimum absolute atomic E-state index is 0.0445. The highest BCUT2D eigenvalue weighted by Crippen LogP contribution is 2.31. The van der Waals surface area contributed by atoms with Crippen molar-refractivity contribution in [2.45, 2.75) is 144 Å². The Morgan fingerprint density at radius 3 is 0.909 bits per heavy atom. The highest BCUT2D eigenvalue weighted by atomic mass is 16.7. The lowest BCUT2D eigenvalue weighted by atomic mass is 9.42. The number of benzene rings is 6. The van der Waals surface area contributed by atoms with Crippen LogP contribution in [0.3, 0.4) is 0 Å². The van der Waals surface area contributed by atoms with Crippen LogP contribution in [0.25, 0.3) is 0 Å². The second-order valence-electron chi connectivity index (χ2n) is 25.9. The maximum atomic E-state index is 6.86. The predicted octanol–water partition coefficient (Wildman–Crippen LogP) is 5.71. The molecule has 0 spiro atoms. The van der Waals surface area contributed by atoms with E-state index in [1.165, 1.54) is 0 Å². The van der Waals surface area contributed by atoms with Gasteiger partial charge in [-0.1, -0.05) is 184 Å². The molecule has 2 heterocycles. The van der Waals surface area contributed by atoms with E-state index in [-0.39, 0.29) is 42.6 Å². The van der Waals surface area contributed by atoms with E-state index < -0.39 is 21.4 Å². The van der Waals surface area contributed by atoms with Crippen LogP contribution in [0, 0.1) is 0 Å². The van der Waals surface area contributed by atoms with Crippen LogP contribution in [0.1, 0.15) is 156 Å².